The number of anilines is 1. The number of aliphatic hydroxyl groups is 3. The maximum absolute atomic E-state index is 8.63. The molecule has 0 radical (unpaired) electrons. The molecule has 0 saturated carbocycles. The summed E-state index contributed by atoms with van der Waals surface area (Å²) in [6, 6.07) is 7.53. The van der Waals surface area contributed by atoms with Gasteiger partial charge in [-0.1, -0.05) is 6.07 Å². The summed E-state index contributed by atoms with van der Waals surface area (Å²) in [6.07, 6.45) is -2.73. The third-order valence-electron chi connectivity index (χ3n) is 2.14. The Hall–Kier alpha value is -0.860. The van der Waals surface area contributed by atoms with Crippen molar-refractivity contribution in [1.82, 2.24) is 0 Å². The van der Waals surface area contributed by atoms with Crippen LogP contribution in [0.1, 0.15) is 0 Å². The molecular weight excluding hydrogens is 304 g/mol. The number of benzene rings is 1. The van der Waals surface area contributed by atoms with Crippen molar-refractivity contribution in [2.24, 2.45) is 0 Å². The van der Waals surface area contributed by atoms with Gasteiger partial charge in [0.15, 0.2) is 0 Å². The van der Waals surface area contributed by atoms with E-state index >= 15 is 0 Å². The maximum atomic E-state index is 8.63. The monoisotopic (exact) mass is 322 g/mol. The Balaban J connectivity index is 0.00000289. The van der Waals surface area contributed by atoms with Crippen LogP contribution >= 0.6 is 0 Å². The van der Waals surface area contributed by atoms with Crippen molar-refractivity contribution in [3.8, 4) is 5.75 Å². The van der Waals surface area contributed by atoms with Crippen LogP contribution in [0.15, 0.2) is 24.3 Å². The summed E-state index contributed by atoms with van der Waals surface area (Å²) >= 11 is 0. The first-order valence-corrected chi connectivity index (χ1v) is 5.30. The van der Waals surface area contributed by atoms with Crippen LogP contribution < -0.4 is 31.9 Å². The molecule has 7 heteroatoms. The van der Waals surface area contributed by atoms with Crippen molar-refractivity contribution in [3.63, 3.8) is 0 Å². The summed E-state index contributed by atoms with van der Waals surface area (Å²) < 4.78 is 5.40. The molecule has 104 valence electrons. The van der Waals surface area contributed by atoms with Crippen molar-refractivity contribution >= 4 is 5.69 Å². The fourth-order valence-corrected chi connectivity index (χ4v) is 1.28. The fraction of sp³-hybridized carbons (Fsp3) is 0.455. The number of hydrogen-bond donors (Lipinski definition) is 4. The maximum Gasteiger partial charge on any atom is 0.438 e. The van der Waals surface area contributed by atoms with E-state index in [1.54, 1.807) is 0 Å². The Bertz CT molecular complexity index is 355. The minimum Gasteiger partial charge on any atom is -1.00 e. The lowest BCUT2D eigenvalue weighted by atomic mass is 10.3. The molecule has 0 heterocycles. The Labute approximate surface area is 117 Å². The lowest BCUT2D eigenvalue weighted by molar-refractivity contribution is -0.857. The number of nitrogens with zero attached hydrogens (tertiary/aromatic N) is 1. The van der Waals surface area contributed by atoms with Crippen LogP contribution in [0, 0.1) is 0 Å². The molecule has 0 aliphatic carbocycles. The van der Waals surface area contributed by atoms with Crippen LogP contribution in [0.5, 0.6) is 5.75 Å². The average Bonchev–Trinajstić information content (AvgIpc) is 2.23. The molecule has 5 N–H and O–H groups in total. The second-order valence-corrected chi connectivity index (χ2v) is 3.92. The molecule has 0 unspecified atom stereocenters. The Morgan fingerprint density at radius 3 is 2.50 bits per heavy atom. The highest BCUT2D eigenvalue weighted by atomic mass is 79.9. The summed E-state index contributed by atoms with van der Waals surface area (Å²) in [5.74, 6) is 0.698. The van der Waals surface area contributed by atoms with Gasteiger partial charge in [-0.15, -0.1) is 0 Å². The van der Waals surface area contributed by atoms with Gasteiger partial charge in [-0.25, -0.2) is 0 Å². The van der Waals surface area contributed by atoms with Gasteiger partial charge >= 0.3 is 6.10 Å². The first-order chi connectivity index (χ1) is 7.88. The van der Waals surface area contributed by atoms with E-state index in [1.165, 1.54) is 0 Å². The zero-order valence-corrected chi connectivity index (χ0v) is 12.0. The van der Waals surface area contributed by atoms with Gasteiger partial charge in [-0.3, -0.25) is 20.6 Å². The molecule has 0 bridgehead atoms. The third-order valence-corrected chi connectivity index (χ3v) is 2.14. The largest absolute Gasteiger partial charge is 1.00 e. The van der Waals surface area contributed by atoms with Crippen LogP contribution in [0.3, 0.4) is 0 Å². The topological polar surface area (TPSA) is 89.8 Å². The van der Waals surface area contributed by atoms with Crippen molar-refractivity contribution in [2.45, 2.75) is 6.10 Å². The zero-order chi connectivity index (χ0) is 12.9. The molecule has 6 nitrogen and oxygen atoms in total. The van der Waals surface area contributed by atoms with Gasteiger partial charge in [0.2, 0.25) is 0 Å². The summed E-state index contributed by atoms with van der Waals surface area (Å²) in [6.45, 7) is 0.496. The first-order valence-electron chi connectivity index (χ1n) is 5.30. The van der Waals surface area contributed by atoms with Crippen LogP contribution in [0.25, 0.3) is 0 Å². The molecule has 0 spiro atoms. The lowest BCUT2D eigenvalue weighted by Crippen LogP contribution is -3.00. The molecule has 18 heavy (non-hydrogen) atoms. The summed E-state index contributed by atoms with van der Waals surface area (Å²) in [4.78, 5) is 1.96. The predicted molar refractivity (Wildman–Crippen MR) is 62.4 cm³/mol. The number of hydrogen-bond acceptors (Lipinski definition) is 5. The van der Waals surface area contributed by atoms with Crippen LogP contribution in [0.2, 0.25) is 0 Å². The molecular formula is C11H19BrN2O4. The van der Waals surface area contributed by atoms with Gasteiger partial charge in [0.25, 0.3) is 0 Å². The molecule has 0 fully saturated rings. The predicted octanol–water partition coefficient (Wildman–Crippen LogP) is -4.71. The van der Waals surface area contributed by atoms with Crippen LogP contribution in [-0.2, 0) is 0 Å². The Morgan fingerprint density at radius 1 is 1.28 bits per heavy atom. The fourth-order valence-electron chi connectivity index (χ4n) is 1.28. The molecule has 0 aliphatic heterocycles. The smallest absolute Gasteiger partial charge is 0.438 e. The summed E-state index contributed by atoms with van der Waals surface area (Å²) in [7, 11) is 3.87. The minimum atomic E-state index is -2.73. The van der Waals surface area contributed by atoms with E-state index in [9.17, 15) is 0 Å². The third kappa shape index (κ3) is 6.77. The molecule has 0 amide bonds. The normalized spacial score (nSPS) is 10.7. The van der Waals surface area contributed by atoms with E-state index in [4.69, 9.17) is 20.1 Å². The molecule has 0 aromatic heterocycles. The Kier molecular flexibility index (Phi) is 7.19. The van der Waals surface area contributed by atoms with Gasteiger partial charge in [0.05, 0.1) is 0 Å². The van der Waals surface area contributed by atoms with E-state index < -0.39 is 6.10 Å². The van der Waals surface area contributed by atoms with Gasteiger partial charge in [0, 0.05) is 25.8 Å². The lowest BCUT2D eigenvalue weighted by Gasteiger charge is -2.14. The van der Waals surface area contributed by atoms with E-state index in [2.05, 4.69) is 0 Å². The quantitative estimate of drug-likeness (QED) is 0.312. The highest BCUT2D eigenvalue weighted by molar-refractivity contribution is 5.49. The van der Waals surface area contributed by atoms with Crippen LogP contribution in [-0.4, -0.2) is 48.7 Å². The van der Waals surface area contributed by atoms with E-state index in [-0.39, 0.29) is 30.1 Å². The second kappa shape index (κ2) is 7.55. The molecule has 0 aliphatic rings. The van der Waals surface area contributed by atoms with Crippen molar-refractivity contribution in [2.75, 3.05) is 32.1 Å². The zero-order valence-electron chi connectivity index (χ0n) is 10.4. The molecule has 0 saturated heterocycles. The van der Waals surface area contributed by atoms with E-state index in [1.807, 2.05) is 43.3 Å². The SMILES string of the molecule is CN(C)c1cccc(OCC[NH2+]C(O)(O)O)c1.[Br-]. The van der Waals surface area contributed by atoms with Crippen molar-refractivity contribution in [1.29, 1.82) is 0 Å². The number of ether oxygens (including phenoxy) is 1. The van der Waals surface area contributed by atoms with Crippen molar-refractivity contribution < 1.29 is 42.4 Å². The van der Waals surface area contributed by atoms with Crippen molar-refractivity contribution in [3.05, 3.63) is 24.3 Å². The van der Waals surface area contributed by atoms with Gasteiger partial charge in [-0.2, -0.15) is 0 Å². The van der Waals surface area contributed by atoms with Gasteiger partial charge in [0.1, 0.15) is 18.9 Å². The minimum absolute atomic E-state index is 0. The van der Waals surface area contributed by atoms with E-state index in [0.29, 0.717) is 5.75 Å². The Morgan fingerprint density at radius 2 is 1.94 bits per heavy atom. The molecule has 1 rings (SSSR count). The number of halogens is 1. The highest BCUT2D eigenvalue weighted by Crippen LogP contribution is 2.18. The highest BCUT2D eigenvalue weighted by Gasteiger charge is 2.21. The number of nitrogens with two attached hydrogens (primary N) is 1. The average molecular weight is 323 g/mol. The van der Waals surface area contributed by atoms with Gasteiger partial charge in [-0.05, 0) is 12.1 Å². The van der Waals surface area contributed by atoms with Gasteiger partial charge < -0.3 is 26.6 Å². The molecule has 0 atom stereocenters. The second-order valence-electron chi connectivity index (χ2n) is 3.92. The molecule has 1 aromatic carbocycles. The first kappa shape index (κ1) is 17.1. The molecule has 1 aromatic rings. The van der Waals surface area contributed by atoms with Crippen LogP contribution in [0.4, 0.5) is 5.69 Å². The summed E-state index contributed by atoms with van der Waals surface area (Å²) in [5, 5.41) is 26.8. The van der Waals surface area contributed by atoms with E-state index in [0.717, 1.165) is 11.0 Å². The number of quaternary nitrogens is 1. The number of rotatable bonds is 6. The summed E-state index contributed by atoms with van der Waals surface area (Å²) in [5.41, 5.74) is 1.02. The standard InChI is InChI=1S/C11H18N2O4.BrH/c1-13(2)9-4-3-5-10(8-9)17-7-6-12-11(14,15)16;/h3-5,8,12,14-16H,6-7H2,1-2H3;1H.